The lowest BCUT2D eigenvalue weighted by Crippen LogP contribution is -2.03. The van der Waals surface area contributed by atoms with E-state index in [-0.39, 0.29) is 23.3 Å². The Morgan fingerprint density at radius 3 is 2.42 bits per heavy atom. The Morgan fingerprint density at radius 1 is 1.08 bits per heavy atom. The molecule has 26 heavy (non-hydrogen) atoms. The van der Waals surface area contributed by atoms with Gasteiger partial charge in [0.05, 0.1) is 18.0 Å². The summed E-state index contributed by atoms with van der Waals surface area (Å²) in [6, 6.07) is 5.71. The second-order valence-electron chi connectivity index (χ2n) is 4.71. The third kappa shape index (κ3) is 4.10. The number of hydrogen-bond donors (Lipinski definition) is 0. The zero-order chi connectivity index (χ0) is 18.7. The van der Waals surface area contributed by atoms with Gasteiger partial charge >= 0.3 is 12.6 Å². The molecule has 0 spiro atoms. The minimum atomic E-state index is -3.00. The first-order valence-corrected chi connectivity index (χ1v) is 7.71. The molecule has 0 saturated carbocycles. The molecule has 0 unspecified atom stereocenters. The van der Waals surface area contributed by atoms with Gasteiger partial charge in [-0.05, 0) is 28.1 Å². The van der Waals surface area contributed by atoms with Gasteiger partial charge in [-0.25, -0.2) is 8.78 Å². The summed E-state index contributed by atoms with van der Waals surface area (Å²) >= 11 is 3.28. The highest BCUT2D eigenvalue weighted by atomic mass is 79.9. The average Bonchev–Trinajstić information content (AvgIpc) is 3.06. The van der Waals surface area contributed by atoms with Crippen LogP contribution in [-0.4, -0.2) is 21.7 Å². The molecule has 2 heterocycles. The SMILES string of the molecule is FC(F)Oc1cnc(Oc2cccc(Br)c2-c2cc(C(F)F)no2)nc1. The molecule has 0 radical (unpaired) electrons. The van der Waals surface area contributed by atoms with Gasteiger partial charge < -0.3 is 14.0 Å². The zero-order valence-corrected chi connectivity index (χ0v) is 14.2. The number of ether oxygens (including phenoxy) is 2. The molecule has 0 fully saturated rings. The van der Waals surface area contributed by atoms with Crippen molar-refractivity contribution in [1.29, 1.82) is 0 Å². The van der Waals surface area contributed by atoms with E-state index in [1.54, 1.807) is 12.1 Å². The molecule has 0 aliphatic heterocycles. The number of hydrogen-bond acceptors (Lipinski definition) is 6. The fourth-order valence-electron chi connectivity index (χ4n) is 1.96. The molecule has 0 bridgehead atoms. The van der Waals surface area contributed by atoms with Crippen LogP contribution in [-0.2, 0) is 0 Å². The van der Waals surface area contributed by atoms with E-state index < -0.39 is 18.7 Å². The van der Waals surface area contributed by atoms with Crippen LogP contribution in [0.3, 0.4) is 0 Å². The molecule has 0 N–H and O–H groups in total. The van der Waals surface area contributed by atoms with Gasteiger partial charge in [0.2, 0.25) is 0 Å². The van der Waals surface area contributed by atoms with Crippen LogP contribution in [0, 0.1) is 0 Å². The second kappa shape index (κ2) is 7.68. The zero-order valence-electron chi connectivity index (χ0n) is 12.6. The summed E-state index contributed by atoms with van der Waals surface area (Å²) in [5.41, 5.74) is -0.213. The highest BCUT2D eigenvalue weighted by Gasteiger charge is 2.20. The van der Waals surface area contributed by atoms with Gasteiger partial charge in [-0.15, -0.1) is 0 Å². The van der Waals surface area contributed by atoms with Crippen molar-refractivity contribution in [2.45, 2.75) is 13.0 Å². The van der Waals surface area contributed by atoms with Gasteiger partial charge in [0, 0.05) is 10.5 Å². The molecule has 0 amide bonds. The summed E-state index contributed by atoms with van der Waals surface area (Å²) in [7, 11) is 0. The first-order valence-electron chi connectivity index (χ1n) is 6.92. The molecular weight excluding hydrogens is 426 g/mol. The smallest absolute Gasteiger partial charge is 0.387 e. The van der Waals surface area contributed by atoms with Crippen molar-refractivity contribution in [3.8, 4) is 28.8 Å². The normalized spacial score (nSPS) is 11.2. The van der Waals surface area contributed by atoms with Crippen LogP contribution in [0.5, 0.6) is 17.5 Å². The molecule has 0 saturated heterocycles. The summed E-state index contributed by atoms with van der Waals surface area (Å²) in [6.45, 7) is -3.00. The van der Waals surface area contributed by atoms with Crippen molar-refractivity contribution in [3.05, 3.63) is 46.8 Å². The molecule has 3 rings (SSSR count). The molecular formula is C15H8BrF4N3O3. The molecule has 11 heteroatoms. The largest absolute Gasteiger partial charge is 0.432 e. The molecule has 0 aliphatic carbocycles. The molecule has 0 aliphatic rings. The Labute approximate surface area is 151 Å². The molecule has 1 aromatic carbocycles. The topological polar surface area (TPSA) is 70.3 Å². The van der Waals surface area contributed by atoms with Crippen LogP contribution in [0.4, 0.5) is 17.6 Å². The maximum absolute atomic E-state index is 12.7. The van der Waals surface area contributed by atoms with Crippen LogP contribution < -0.4 is 9.47 Å². The molecule has 3 aromatic rings. The molecule has 6 nitrogen and oxygen atoms in total. The van der Waals surface area contributed by atoms with Crippen molar-refractivity contribution in [2.24, 2.45) is 0 Å². The van der Waals surface area contributed by atoms with E-state index in [4.69, 9.17) is 9.26 Å². The summed E-state index contributed by atoms with van der Waals surface area (Å²) in [6.07, 6.45) is -0.768. The predicted molar refractivity (Wildman–Crippen MR) is 83.3 cm³/mol. The van der Waals surface area contributed by atoms with Gasteiger partial charge in [-0.2, -0.15) is 18.7 Å². The van der Waals surface area contributed by atoms with Crippen molar-refractivity contribution in [2.75, 3.05) is 0 Å². The predicted octanol–water partition coefficient (Wildman–Crippen LogP) is 5.23. The van der Waals surface area contributed by atoms with Gasteiger partial charge in [0.1, 0.15) is 11.4 Å². The van der Waals surface area contributed by atoms with Crippen molar-refractivity contribution >= 4 is 15.9 Å². The highest BCUT2D eigenvalue weighted by Crippen LogP contribution is 2.39. The minimum absolute atomic E-state index is 0.0421. The van der Waals surface area contributed by atoms with Gasteiger partial charge in [0.15, 0.2) is 11.5 Å². The Morgan fingerprint density at radius 2 is 1.81 bits per heavy atom. The molecule has 136 valence electrons. The quantitative estimate of drug-likeness (QED) is 0.496. The van der Waals surface area contributed by atoms with Crippen LogP contribution in [0.15, 0.2) is 45.7 Å². The number of aromatic nitrogens is 3. The number of alkyl halides is 4. The van der Waals surface area contributed by atoms with Gasteiger partial charge in [-0.3, -0.25) is 0 Å². The lowest BCUT2D eigenvalue weighted by Gasteiger charge is -2.10. The van der Waals surface area contributed by atoms with E-state index in [1.165, 1.54) is 6.07 Å². The number of rotatable bonds is 6. The summed E-state index contributed by atoms with van der Waals surface area (Å²) in [5, 5.41) is 3.30. The average molecular weight is 434 g/mol. The lowest BCUT2D eigenvalue weighted by molar-refractivity contribution is -0.0503. The highest BCUT2D eigenvalue weighted by molar-refractivity contribution is 9.10. The maximum Gasteiger partial charge on any atom is 0.387 e. The van der Waals surface area contributed by atoms with Crippen LogP contribution in [0.1, 0.15) is 12.1 Å². The van der Waals surface area contributed by atoms with E-state index >= 15 is 0 Å². The Hall–Kier alpha value is -2.69. The van der Waals surface area contributed by atoms with Crippen molar-refractivity contribution in [3.63, 3.8) is 0 Å². The first-order chi connectivity index (χ1) is 12.4. The van der Waals surface area contributed by atoms with E-state index in [0.717, 1.165) is 18.5 Å². The van der Waals surface area contributed by atoms with Crippen LogP contribution >= 0.6 is 15.9 Å². The van der Waals surface area contributed by atoms with Gasteiger partial charge in [0.25, 0.3) is 6.43 Å². The summed E-state index contributed by atoms with van der Waals surface area (Å²) < 4.78 is 64.8. The Balaban J connectivity index is 1.89. The summed E-state index contributed by atoms with van der Waals surface area (Å²) in [4.78, 5) is 7.50. The maximum atomic E-state index is 12.7. The fraction of sp³-hybridized carbons (Fsp3) is 0.133. The van der Waals surface area contributed by atoms with Crippen LogP contribution in [0.25, 0.3) is 11.3 Å². The van der Waals surface area contributed by atoms with Gasteiger partial charge in [-0.1, -0.05) is 11.2 Å². The number of nitrogens with zero attached hydrogens (tertiary/aromatic N) is 3. The van der Waals surface area contributed by atoms with E-state index in [9.17, 15) is 17.6 Å². The van der Waals surface area contributed by atoms with E-state index in [2.05, 4.69) is 35.8 Å². The fourth-order valence-corrected chi connectivity index (χ4v) is 2.50. The third-order valence-corrected chi connectivity index (χ3v) is 3.67. The molecule has 0 atom stereocenters. The standard InChI is InChI=1S/C15H8BrF4N3O3/c16-8-2-1-3-10(12(8)11-4-9(13(17)18)23-26-11)25-15-21-5-7(6-22-15)24-14(19)20/h1-6,13-14H. The summed E-state index contributed by atoms with van der Waals surface area (Å²) in [5.74, 6) is -0.0158. The van der Waals surface area contributed by atoms with E-state index in [1.807, 2.05) is 0 Å². The third-order valence-electron chi connectivity index (χ3n) is 3.00. The lowest BCUT2D eigenvalue weighted by atomic mass is 10.1. The van der Waals surface area contributed by atoms with E-state index in [0.29, 0.717) is 10.0 Å². The van der Waals surface area contributed by atoms with Crippen LogP contribution in [0.2, 0.25) is 0 Å². The van der Waals surface area contributed by atoms with Crippen molar-refractivity contribution < 1.29 is 31.6 Å². The molecule has 2 aromatic heterocycles. The minimum Gasteiger partial charge on any atom is -0.432 e. The Bertz CT molecular complexity index is 890. The van der Waals surface area contributed by atoms with Crippen molar-refractivity contribution in [1.82, 2.24) is 15.1 Å². The number of benzene rings is 1. The first kappa shape index (κ1) is 18.1. The second-order valence-corrected chi connectivity index (χ2v) is 5.57. The monoisotopic (exact) mass is 433 g/mol. The Kier molecular flexibility index (Phi) is 5.35. The number of halogens is 5.